The highest BCUT2D eigenvalue weighted by Crippen LogP contribution is 2.35. The lowest BCUT2D eigenvalue weighted by Crippen LogP contribution is -2.34. The molecule has 130 valence electrons. The van der Waals surface area contributed by atoms with Gasteiger partial charge in [-0.25, -0.2) is 0 Å². The Morgan fingerprint density at radius 1 is 1.16 bits per heavy atom. The van der Waals surface area contributed by atoms with Crippen molar-refractivity contribution in [2.45, 2.75) is 19.4 Å². The predicted molar refractivity (Wildman–Crippen MR) is 99.9 cm³/mol. The minimum Gasteiger partial charge on any atom is -0.349 e. The van der Waals surface area contributed by atoms with Gasteiger partial charge in [-0.05, 0) is 24.6 Å². The standard InChI is InChI=1S/C19H18Cl2N2O2/c1-12(13-6-3-2-4-7-13)22-19(25)14-10-17(24)23(11-14)16-9-5-8-15(20)18(16)21/h2-9,12,14H,10-11H2,1H3,(H,22,25)/t12-,14-/m1/s1. The Bertz CT molecular complexity index is 795. The van der Waals surface area contributed by atoms with Gasteiger partial charge in [0.25, 0.3) is 0 Å². The van der Waals surface area contributed by atoms with Gasteiger partial charge < -0.3 is 10.2 Å². The summed E-state index contributed by atoms with van der Waals surface area (Å²) in [5, 5.41) is 3.70. The molecule has 0 spiro atoms. The minimum atomic E-state index is -0.409. The van der Waals surface area contributed by atoms with Crippen molar-refractivity contribution in [3.63, 3.8) is 0 Å². The largest absolute Gasteiger partial charge is 0.349 e. The Morgan fingerprint density at radius 2 is 1.88 bits per heavy atom. The lowest BCUT2D eigenvalue weighted by Gasteiger charge is -2.20. The van der Waals surface area contributed by atoms with Gasteiger partial charge in [0, 0.05) is 13.0 Å². The summed E-state index contributed by atoms with van der Waals surface area (Å²) in [6.07, 6.45) is 0.163. The number of carbonyl (C=O) groups excluding carboxylic acids is 2. The topological polar surface area (TPSA) is 49.4 Å². The van der Waals surface area contributed by atoms with E-state index in [9.17, 15) is 9.59 Å². The van der Waals surface area contributed by atoms with E-state index in [0.717, 1.165) is 5.56 Å². The van der Waals surface area contributed by atoms with Crippen molar-refractivity contribution in [1.29, 1.82) is 0 Å². The molecule has 0 bridgehead atoms. The first-order valence-electron chi connectivity index (χ1n) is 8.07. The number of nitrogens with one attached hydrogen (secondary N) is 1. The number of hydrogen-bond acceptors (Lipinski definition) is 2. The third-order valence-electron chi connectivity index (χ3n) is 4.38. The first kappa shape index (κ1) is 17.8. The Hall–Kier alpha value is -2.04. The number of carbonyl (C=O) groups is 2. The van der Waals surface area contributed by atoms with Gasteiger partial charge in [0.05, 0.1) is 27.7 Å². The fourth-order valence-electron chi connectivity index (χ4n) is 2.97. The number of anilines is 1. The van der Waals surface area contributed by atoms with Crippen molar-refractivity contribution >= 4 is 40.7 Å². The number of amides is 2. The summed E-state index contributed by atoms with van der Waals surface area (Å²) in [7, 11) is 0. The number of halogens is 2. The second-order valence-corrected chi connectivity index (χ2v) is 6.90. The maximum Gasteiger partial charge on any atom is 0.227 e. The first-order chi connectivity index (χ1) is 12.0. The van der Waals surface area contributed by atoms with Crippen molar-refractivity contribution in [1.82, 2.24) is 5.32 Å². The lowest BCUT2D eigenvalue weighted by atomic mass is 10.1. The lowest BCUT2D eigenvalue weighted by molar-refractivity contribution is -0.126. The fourth-order valence-corrected chi connectivity index (χ4v) is 3.37. The number of nitrogens with zero attached hydrogens (tertiary/aromatic N) is 1. The zero-order valence-corrected chi connectivity index (χ0v) is 15.2. The molecule has 1 saturated heterocycles. The number of benzene rings is 2. The molecule has 1 fully saturated rings. The molecule has 1 aliphatic heterocycles. The van der Waals surface area contributed by atoms with Crippen LogP contribution in [-0.4, -0.2) is 18.4 Å². The van der Waals surface area contributed by atoms with Gasteiger partial charge in [0.1, 0.15) is 0 Å². The average molecular weight is 377 g/mol. The highest BCUT2D eigenvalue weighted by Gasteiger charge is 2.36. The van der Waals surface area contributed by atoms with Gasteiger partial charge in [-0.1, -0.05) is 59.6 Å². The summed E-state index contributed by atoms with van der Waals surface area (Å²) in [5.74, 6) is -0.671. The van der Waals surface area contributed by atoms with E-state index in [1.165, 1.54) is 4.90 Å². The molecule has 25 heavy (non-hydrogen) atoms. The third-order valence-corrected chi connectivity index (χ3v) is 5.19. The van der Waals surface area contributed by atoms with Crippen molar-refractivity contribution in [2.24, 2.45) is 5.92 Å². The van der Waals surface area contributed by atoms with E-state index < -0.39 is 5.92 Å². The molecule has 2 aromatic rings. The molecule has 3 rings (SSSR count). The van der Waals surface area contributed by atoms with E-state index in [1.807, 2.05) is 37.3 Å². The SMILES string of the molecule is C[C@@H](NC(=O)[C@@H]1CC(=O)N(c2cccc(Cl)c2Cl)C1)c1ccccc1. The molecule has 0 aliphatic carbocycles. The number of rotatable bonds is 4. The Balaban J connectivity index is 1.70. The number of hydrogen-bond donors (Lipinski definition) is 1. The van der Waals surface area contributed by atoms with E-state index in [2.05, 4.69) is 5.32 Å². The Kier molecular flexibility index (Phi) is 5.30. The maximum atomic E-state index is 12.6. The van der Waals surface area contributed by atoms with Crippen molar-refractivity contribution < 1.29 is 9.59 Å². The zero-order chi connectivity index (χ0) is 18.0. The molecular weight excluding hydrogens is 359 g/mol. The van der Waals surface area contributed by atoms with Crippen LogP contribution in [0.15, 0.2) is 48.5 Å². The molecule has 0 saturated carbocycles. The van der Waals surface area contributed by atoms with Crippen LogP contribution in [0.1, 0.15) is 24.9 Å². The van der Waals surface area contributed by atoms with Gasteiger partial charge in [-0.3, -0.25) is 9.59 Å². The van der Waals surface area contributed by atoms with Gasteiger partial charge in [0.15, 0.2) is 0 Å². The monoisotopic (exact) mass is 376 g/mol. The zero-order valence-electron chi connectivity index (χ0n) is 13.7. The third kappa shape index (κ3) is 3.80. The molecule has 0 aromatic heterocycles. The molecule has 6 heteroatoms. The van der Waals surface area contributed by atoms with Crippen LogP contribution in [0.4, 0.5) is 5.69 Å². The molecule has 1 aliphatic rings. The summed E-state index contributed by atoms with van der Waals surface area (Å²) in [6.45, 7) is 2.22. The molecule has 4 nitrogen and oxygen atoms in total. The van der Waals surface area contributed by atoms with Crippen LogP contribution in [0.25, 0.3) is 0 Å². The smallest absolute Gasteiger partial charge is 0.227 e. The van der Waals surface area contributed by atoms with Crippen molar-refractivity contribution in [2.75, 3.05) is 11.4 Å². The molecule has 1 heterocycles. The summed E-state index contributed by atoms with van der Waals surface area (Å²) < 4.78 is 0. The molecule has 0 unspecified atom stereocenters. The van der Waals surface area contributed by atoms with Crippen LogP contribution in [-0.2, 0) is 9.59 Å². The van der Waals surface area contributed by atoms with Crippen LogP contribution >= 0.6 is 23.2 Å². The summed E-state index contributed by atoms with van der Waals surface area (Å²) >= 11 is 12.2. The average Bonchev–Trinajstić information content (AvgIpc) is 3.00. The van der Waals surface area contributed by atoms with Crippen LogP contribution in [0.2, 0.25) is 10.0 Å². The van der Waals surface area contributed by atoms with Crippen LogP contribution < -0.4 is 10.2 Å². The highest BCUT2D eigenvalue weighted by atomic mass is 35.5. The predicted octanol–water partition coefficient (Wildman–Crippen LogP) is 4.22. The molecule has 2 atom stereocenters. The van der Waals surface area contributed by atoms with Crippen LogP contribution in [0, 0.1) is 5.92 Å². The van der Waals surface area contributed by atoms with E-state index in [0.29, 0.717) is 22.3 Å². The van der Waals surface area contributed by atoms with Gasteiger partial charge in [-0.2, -0.15) is 0 Å². The quantitative estimate of drug-likeness (QED) is 0.867. The first-order valence-corrected chi connectivity index (χ1v) is 8.82. The van der Waals surface area contributed by atoms with Crippen molar-refractivity contribution in [3.05, 3.63) is 64.1 Å². The second-order valence-electron chi connectivity index (χ2n) is 6.12. The Morgan fingerprint density at radius 3 is 2.60 bits per heavy atom. The normalized spacial score (nSPS) is 18.3. The van der Waals surface area contributed by atoms with E-state index in [4.69, 9.17) is 23.2 Å². The van der Waals surface area contributed by atoms with Crippen LogP contribution in [0.3, 0.4) is 0 Å². The summed E-state index contributed by atoms with van der Waals surface area (Å²) in [4.78, 5) is 26.4. The van der Waals surface area contributed by atoms with Crippen molar-refractivity contribution in [3.8, 4) is 0 Å². The maximum absolute atomic E-state index is 12.6. The second kappa shape index (κ2) is 7.46. The van der Waals surface area contributed by atoms with Gasteiger partial charge >= 0.3 is 0 Å². The molecule has 1 N–H and O–H groups in total. The van der Waals surface area contributed by atoms with Crippen LogP contribution in [0.5, 0.6) is 0 Å². The summed E-state index contributed by atoms with van der Waals surface area (Å²) in [5.41, 5.74) is 1.57. The molecule has 0 radical (unpaired) electrons. The Labute approximate surface area is 156 Å². The molecule has 2 aromatic carbocycles. The van der Waals surface area contributed by atoms with Gasteiger partial charge in [-0.15, -0.1) is 0 Å². The minimum absolute atomic E-state index is 0.118. The molecule has 2 amide bonds. The molecular formula is C19H18Cl2N2O2. The van der Waals surface area contributed by atoms with E-state index in [-0.39, 0.29) is 24.3 Å². The summed E-state index contributed by atoms with van der Waals surface area (Å²) in [6, 6.07) is 14.7. The fraction of sp³-hybridized carbons (Fsp3) is 0.263. The highest BCUT2D eigenvalue weighted by molar-refractivity contribution is 6.44. The van der Waals surface area contributed by atoms with E-state index >= 15 is 0 Å². The van der Waals surface area contributed by atoms with Gasteiger partial charge in [0.2, 0.25) is 11.8 Å². The van der Waals surface area contributed by atoms with E-state index in [1.54, 1.807) is 18.2 Å².